The van der Waals surface area contributed by atoms with Crippen molar-refractivity contribution in [1.29, 1.82) is 0 Å². The summed E-state index contributed by atoms with van der Waals surface area (Å²) in [5.74, 6) is 0.177. The molecule has 2 heterocycles. The molecule has 0 radical (unpaired) electrons. The molecule has 0 unspecified atom stereocenters. The predicted molar refractivity (Wildman–Crippen MR) is 200 cm³/mol. The quantitative estimate of drug-likeness (QED) is 0.160. The van der Waals surface area contributed by atoms with Crippen LogP contribution < -0.4 is 0 Å². The molecule has 1 saturated carbocycles. The highest BCUT2D eigenvalue weighted by Crippen LogP contribution is 2.59. The van der Waals surface area contributed by atoms with Gasteiger partial charge in [0.25, 0.3) is 5.91 Å². The Bertz CT molecular complexity index is 1880. The van der Waals surface area contributed by atoms with E-state index in [1.807, 2.05) is 65.6 Å². The van der Waals surface area contributed by atoms with Crippen LogP contribution in [0.2, 0.25) is 0 Å². The highest BCUT2D eigenvalue weighted by atomic mass is 16.3. The third kappa shape index (κ3) is 7.12. The molecule has 1 saturated heterocycles. The lowest BCUT2D eigenvalue weighted by Gasteiger charge is -2.47. The molecule has 2 N–H and O–H groups in total. The molecule has 1 aromatic heterocycles. The van der Waals surface area contributed by atoms with E-state index in [4.69, 9.17) is 4.42 Å². The number of hydrogen-bond acceptors (Lipinski definition) is 6. The normalized spacial score (nSPS) is 26.0. The molecule has 7 nitrogen and oxygen atoms in total. The molecular formula is C44H50N2O5. The van der Waals surface area contributed by atoms with Crippen LogP contribution in [0.15, 0.2) is 107 Å². The molecule has 0 spiro atoms. The summed E-state index contributed by atoms with van der Waals surface area (Å²) in [7, 11) is 0. The number of ketones is 1. The molecule has 4 atom stereocenters. The number of hydrogen-bond donors (Lipinski definition) is 2. The average molecular weight is 687 g/mol. The van der Waals surface area contributed by atoms with E-state index in [0.717, 1.165) is 47.9 Å². The van der Waals surface area contributed by atoms with Gasteiger partial charge in [-0.15, -0.1) is 0 Å². The van der Waals surface area contributed by atoms with Gasteiger partial charge in [-0.1, -0.05) is 85.3 Å². The highest BCUT2D eigenvalue weighted by molar-refractivity contribution is 6.13. The number of allylic oxidation sites excluding steroid dienone is 2. The van der Waals surface area contributed by atoms with Gasteiger partial charge in [0.2, 0.25) is 0 Å². The fourth-order valence-corrected chi connectivity index (χ4v) is 8.93. The summed E-state index contributed by atoms with van der Waals surface area (Å²) in [6.45, 7) is 7.37. The van der Waals surface area contributed by atoms with Gasteiger partial charge in [-0.25, -0.2) is 0 Å². The Labute approximate surface area is 301 Å². The zero-order chi connectivity index (χ0) is 35.6. The molecule has 266 valence electrons. The Hall–Kier alpha value is -4.30. The van der Waals surface area contributed by atoms with Crippen LogP contribution in [0.4, 0.5) is 0 Å². The molecule has 1 amide bonds. The predicted octanol–water partition coefficient (Wildman–Crippen LogP) is 7.67. The number of β-amino-alcohol motifs (C(OH)–C–C–N with tert-alkyl or cyclic N) is 1. The van der Waals surface area contributed by atoms with Gasteiger partial charge in [0.1, 0.15) is 0 Å². The average Bonchev–Trinajstić information content (AvgIpc) is 3.77. The molecule has 1 aliphatic heterocycles. The number of nitrogens with zero attached hydrogens (tertiary/aromatic N) is 2. The number of piperazine rings is 1. The van der Waals surface area contributed by atoms with E-state index < -0.39 is 17.1 Å². The molecular weight excluding hydrogens is 636 g/mol. The van der Waals surface area contributed by atoms with Crippen LogP contribution in [0.1, 0.15) is 95.9 Å². The molecule has 3 aliphatic carbocycles. The van der Waals surface area contributed by atoms with Gasteiger partial charge in [-0.2, -0.15) is 0 Å². The van der Waals surface area contributed by atoms with Gasteiger partial charge >= 0.3 is 0 Å². The van der Waals surface area contributed by atoms with Gasteiger partial charge in [0.15, 0.2) is 11.5 Å². The van der Waals surface area contributed by atoms with Crippen molar-refractivity contribution in [1.82, 2.24) is 9.80 Å². The van der Waals surface area contributed by atoms with Gasteiger partial charge in [0, 0.05) is 49.3 Å². The Balaban J connectivity index is 1.24. The minimum atomic E-state index is -0.999. The Morgan fingerprint density at radius 1 is 0.882 bits per heavy atom. The van der Waals surface area contributed by atoms with Crippen molar-refractivity contribution in [3.63, 3.8) is 0 Å². The summed E-state index contributed by atoms with van der Waals surface area (Å²) < 4.78 is 5.36. The number of fused-ring (bicyclic) bond motifs is 8. The topological polar surface area (TPSA) is 94.2 Å². The van der Waals surface area contributed by atoms with E-state index in [0.29, 0.717) is 68.9 Å². The number of rotatable bonds is 6. The van der Waals surface area contributed by atoms with Crippen molar-refractivity contribution >= 4 is 11.7 Å². The third-order valence-electron chi connectivity index (χ3n) is 12.0. The third-order valence-corrected chi connectivity index (χ3v) is 12.0. The van der Waals surface area contributed by atoms with Crippen LogP contribution in [-0.4, -0.2) is 76.1 Å². The second-order valence-electron chi connectivity index (χ2n) is 15.2. The lowest BCUT2D eigenvalue weighted by atomic mass is 9.64. The van der Waals surface area contributed by atoms with Crippen LogP contribution in [0.3, 0.4) is 0 Å². The van der Waals surface area contributed by atoms with E-state index in [2.05, 4.69) is 37.0 Å². The number of carbonyl (C=O) groups excluding carboxylic acids is 2. The van der Waals surface area contributed by atoms with Crippen molar-refractivity contribution in [2.24, 2.45) is 5.41 Å². The van der Waals surface area contributed by atoms with E-state index >= 15 is 0 Å². The molecule has 4 aliphatic rings. The molecule has 2 bridgehead atoms. The Morgan fingerprint density at radius 2 is 1.65 bits per heavy atom. The summed E-state index contributed by atoms with van der Waals surface area (Å²) in [4.78, 5) is 32.0. The van der Waals surface area contributed by atoms with Crippen LogP contribution in [0, 0.1) is 5.41 Å². The second-order valence-corrected chi connectivity index (χ2v) is 15.2. The van der Waals surface area contributed by atoms with Gasteiger partial charge < -0.3 is 19.5 Å². The van der Waals surface area contributed by atoms with Crippen molar-refractivity contribution < 1.29 is 24.2 Å². The maximum Gasteiger partial charge on any atom is 0.289 e. The number of benzene rings is 3. The maximum atomic E-state index is 14.9. The first-order valence-electron chi connectivity index (χ1n) is 18.6. The number of carbonyl (C=O) groups is 2. The second kappa shape index (κ2) is 14.7. The fraction of sp³-hybridized carbons (Fsp3) is 0.409. The summed E-state index contributed by atoms with van der Waals surface area (Å²) in [6, 6.07) is 27.5. The van der Waals surface area contributed by atoms with Crippen LogP contribution in [-0.2, 0) is 6.42 Å². The van der Waals surface area contributed by atoms with Crippen LogP contribution in [0.25, 0.3) is 11.1 Å². The summed E-state index contributed by atoms with van der Waals surface area (Å²) in [5, 5.41) is 23.9. The SMILES string of the molecule is CC1=CCC[C@@]2(C)[C@@H](CC[C@@]2(O)CN2CCN(C(=O)c3ccco3)CC2)c2ccc(cc2C(=O)c2ccccc2-c2ccccc2)C[C@@H](O)CC1. The minimum Gasteiger partial charge on any atom is -0.459 e. The molecule has 2 fully saturated rings. The Morgan fingerprint density at radius 3 is 2.41 bits per heavy atom. The van der Waals surface area contributed by atoms with Crippen LogP contribution in [0.5, 0.6) is 0 Å². The van der Waals surface area contributed by atoms with Crippen molar-refractivity contribution in [3.05, 3.63) is 131 Å². The highest BCUT2D eigenvalue weighted by Gasteiger charge is 2.57. The molecule has 8 rings (SSSR count). The van der Waals surface area contributed by atoms with Crippen LogP contribution >= 0.6 is 0 Å². The molecule has 4 aromatic rings. The zero-order valence-corrected chi connectivity index (χ0v) is 29.9. The first kappa shape index (κ1) is 35.1. The summed E-state index contributed by atoms with van der Waals surface area (Å²) >= 11 is 0. The zero-order valence-electron chi connectivity index (χ0n) is 29.9. The number of furan rings is 1. The smallest absolute Gasteiger partial charge is 0.289 e. The number of aliphatic hydroxyl groups is 2. The van der Waals surface area contributed by atoms with Gasteiger partial charge in [-0.3, -0.25) is 14.5 Å². The van der Waals surface area contributed by atoms with Gasteiger partial charge in [-0.05, 0) is 98.2 Å². The van der Waals surface area contributed by atoms with Gasteiger partial charge in [0.05, 0.1) is 18.0 Å². The lowest BCUT2D eigenvalue weighted by molar-refractivity contribution is -0.0876. The van der Waals surface area contributed by atoms with E-state index in [9.17, 15) is 19.8 Å². The number of amides is 1. The summed E-state index contributed by atoms with van der Waals surface area (Å²) in [6.07, 6.45) is 8.20. The monoisotopic (exact) mass is 686 g/mol. The first-order chi connectivity index (χ1) is 24.6. The van der Waals surface area contributed by atoms with Crippen molar-refractivity contribution in [2.45, 2.75) is 76.4 Å². The maximum absolute atomic E-state index is 14.9. The van der Waals surface area contributed by atoms with E-state index in [1.54, 1.807) is 12.1 Å². The Kier molecular flexibility index (Phi) is 10.2. The first-order valence-corrected chi connectivity index (χ1v) is 18.6. The largest absolute Gasteiger partial charge is 0.459 e. The lowest BCUT2D eigenvalue weighted by Crippen LogP contribution is -2.57. The van der Waals surface area contributed by atoms with Crippen molar-refractivity contribution in [3.8, 4) is 11.1 Å². The summed E-state index contributed by atoms with van der Waals surface area (Å²) in [5.41, 5.74) is 4.86. The standard InChI is InChI=1S/C44H50N2O5/c1-31-10-8-21-43(2)39(20-22-44(43,50)30-45-23-25-46(26-24-45)42(49)40-15-9-27-51-40)36-19-17-32(28-34(47)18-16-31)29-38(36)41(48)37-14-7-6-13-35(37)33-11-4-3-5-12-33/h3-7,9-15,17,19,27,29,34,39,47,50H,8,16,18,20-26,28,30H2,1-2H3/t34-,39-,43-,44+/m0/s1. The van der Waals surface area contributed by atoms with E-state index in [1.165, 1.54) is 11.8 Å². The molecule has 7 heteroatoms. The van der Waals surface area contributed by atoms with E-state index in [-0.39, 0.29) is 17.6 Å². The van der Waals surface area contributed by atoms with Crippen molar-refractivity contribution in [2.75, 3.05) is 32.7 Å². The molecule has 3 aromatic carbocycles. The number of aliphatic hydroxyl groups excluding tert-OH is 1. The minimum absolute atomic E-state index is 0.0289. The fourth-order valence-electron chi connectivity index (χ4n) is 8.93. The molecule has 51 heavy (non-hydrogen) atoms.